The zero-order chi connectivity index (χ0) is 19.6. The molecule has 0 aliphatic heterocycles. The summed E-state index contributed by atoms with van der Waals surface area (Å²) in [5.41, 5.74) is 4.87. The minimum atomic E-state index is -2.08. The van der Waals surface area contributed by atoms with E-state index in [0.29, 0.717) is 0 Å². The summed E-state index contributed by atoms with van der Waals surface area (Å²) in [4.78, 5) is 0. The second-order valence-corrected chi connectivity index (χ2v) is 13.9. The number of hydrogen-bond acceptors (Lipinski definition) is 4. The predicted molar refractivity (Wildman–Crippen MR) is 114 cm³/mol. The minimum absolute atomic E-state index is 0.924. The van der Waals surface area contributed by atoms with Gasteiger partial charge in [0.1, 0.15) is 8.07 Å². The lowest BCUT2D eigenvalue weighted by molar-refractivity contribution is 0.286. The van der Waals surface area contributed by atoms with Crippen molar-refractivity contribution in [3.05, 3.63) is 52.1 Å². The van der Waals surface area contributed by atoms with Crippen LogP contribution in [0.15, 0.2) is 52.1 Å². The average molecular weight is 409 g/mol. The first kappa shape index (κ1) is 23.2. The van der Waals surface area contributed by atoms with Crippen molar-refractivity contribution in [3.63, 3.8) is 0 Å². The molecule has 0 spiro atoms. The van der Waals surface area contributed by atoms with Crippen LogP contribution in [0, 0.1) is 0 Å². The Morgan fingerprint density at radius 2 is 1.19 bits per heavy atom. The molecular weight excluding hydrogens is 376 g/mol. The van der Waals surface area contributed by atoms with Crippen LogP contribution in [-0.2, 0) is 17.7 Å². The third-order valence-corrected chi connectivity index (χ3v) is 12.0. The maximum atomic E-state index is 5.63. The molecule has 0 atom stereocenters. The molecule has 1 rings (SSSR count). The van der Waals surface area contributed by atoms with Crippen LogP contribution in [0.25, 0.3) is 0 Å². The van der Waals surface area contributed by atoms with Crippen LogP contribution in [0.1, 0.15) is 26.7 Å². The molecule has 1 aromatic carbocycles. The number of hydrogen-bond donors (Lipinski definition) is 0. The summed E-state index contributed by atoms with van der Waals surface area (Å²) in [5, 5.41) is 3.90. The fraction of sp³-hybridized carbons (Fsp3) is 0.474. The second kappa shape index (κ2) is 11.8. The molecule has 0 aromatic heterocycles. The fourth-order valence-electron chi connectivity index (χ4n) is 3.03. The van der Waals surface area contributed by atoms with Crippen LogP contribution in [0.4, 0.5) is 0 Å². The van der Waals surface area contributed by atoms with Gasteiger partial charge in [0.25, 0.3) is 0 Å². The average Bonchev–Trinajstić information content (AvgIpc) is 2.68. The van der Waals surface area contributed by atoms with Gasteiger partial charge in [-0.05, 0) is 23.2 Å². The molecule has 0 saturated carbocycles. The maximum Gasteiger partial charge on any atom is 0.417 e. The van der Waals surface area contributed by atoms with Crippen LogP contribution in [0.2, 0.25) is 6.55 Å². The molecule has 1 aromatic rings. The van der Waals surface area contributed by atoms with Gasteiger partial charge < -0.3 is 17.7 Å². The Balaban J connectivity index is 3.53. The molecule has 0 aliphatic carbocycles. The lowest BCUT2D eigenvalue weighted by Gasteiger charge is -2.26. The van der Waals surface area contributed by atoms with Crippen LogP contribution in [0.5, 0.6) is 0 Å². The standard InChI is InChI=1S/C19H32O4Si3/c1-8-17(24(20-3)21-4)15-26(7,19-13-11-10-12-14-19)16-18(9-2)25(22-5)23-6/h10-16H,8-9H2,1-7H3. The van der Waals surface area contributed by atoms with E-state index in [4.69, 9.17) is 17.7 Å². The molecule has 0 N–H and O–H groups in total. The molecule has 2 radical (unpaired) electrons. The van der Waals surface area contributed by atoms with E-state index in [1.165, 1.54) is 15.6 Å². The molecule has 0 saturated heterocycles. The highest BCUT2D eigenvalue weighted by Crippen LogP contribution is 2.20. The first-order chi connectivity index (χ1) is 12.5. The number of benzene rings is 1. The van der Waals surface area contributed by atoms with E-state index in [1.807, 2.05) is 0 Å². The molecule has 26 heavy (non-hydrogen) atoms. The second-order valence-electron chi connectivity index (χ2n) is 6.09. The lowest BCUT2D eigenvalue weighted by atomic mass is 10.4. The van der Waals surface area contributed by atoms with Gasteiger partial charge in [0, 0.05) is 28.4 Å². The zero-order valence-corrected chi connectivity index (χ0v) is 20.1. The Kier molecular flexibility index (Phi) is 10.6. The van der Waals surface area contributed by atoms with Crippen molar-refractivity contribution in [3.8, 4) is 0 Å². The summed E-state index contributed by atoms with van der Waals surface area (Å²) in [6, 6.07) is 10.7. The number of rotatable bonds is 11. The summed E-state index contributed by atoms with van der Waals surface area (Å²) in [6.07, 6.45) is 1.85. The van der Waals surface area contributed by atoms with E-state index in [9.17, 15) is 0 Å². The van der Waals surface area contributed by atoms with Crippen molar-refractivity contribution in [2.75, 3.05) is 28.4 Å². The third kappa shape index (κ3) is 6.12. The Labute approximate surface area is 163 Å². The Hall–Kier alpha value is -0.809. The van der Waals surface area contributed by atoms with E-state index in [0.717, 1.165) is 12.8 Å². The van der Waals surface area contributed by atoms with E-state index in [-0.39, 0.29) is 0 Å². The van der Waals surface area contributed by atoms with Crippen molar-refractivity contribution in [2.45, 2.75) is 33.2 Å². The molecule has 0 amide bonds. The summed E-state index contributed by atoms with van der Waals surface area (Å²) in [5.74, 6) is 0. The summed E-state index contributed by atoms with van der Waals surface area (Å²) in [6.45, 7) is 6.69. The Bertz CT molecular complexity index is 552. The van der Waals surface area contributed by atoms with Gasteiger partial charge in [-0.1, -0.05) is 67.3 Å². The van der Waals surface area contributed by atoms with Crippen LogP contribution in [-0.4, -0.2) is 55.1 Å². The summed E-state index contributed by atoms with van der Waals surface area (Å²) in [7, 11) is 2.01. The highest BCUT2D eigenvalue weighted by atomic mass is 28.3. The minimum Gasteiger partial charge on any atom is -0.393 e. The molecule has 0 unspecified atom stereocenters. The van der Waals surface area contributed by atoms with Gasteiger partial charge in [-0.3, -0.25) is 0 Å². The number of allylic oxidation sites excluding steroid dienone is 2. The highest BCUT2D eigenvalue weighted by molar-refractivity contribution is 7.00. The summed E-state index contributed by atoms with van der Waals surface area (Å²) < 4.78 is 22.5. The normalized spacial score (nSPS) is 15.6. The van der Waals surface area contributed by atoms with Crippen molar-refractivity contribution in [2.24, 2.45) is 0 Å². The molecule has 144 valence electrons. The third-order valence-electron chi connectivity index (χ3n) is 4.37. The Morgan fingerprint density at radius 3 is 1.50 bits per heavy atom. The van der Waals surface area contributed by atoms with E-state index >= 15 is 0 Å². The van der Waals surface area contributed by atoms with Gasteiger partial charge in [-0.2, -0.15) is 0 Å². The molecule has 0 aliphatic rings. The fourth-order valence-corrected chi connectivity index (χ4v) is 10.9. The van der Waals surface area contributed by atoms with Crippen LogP contribution in [0.3, 0.4) is 0 Å². The monoisotopic (exact) mass is 408 g/mol. The van der Waals surface area contributed by atoms with Crippen LogP contribution < -0.4 is 5.19 Å². The maximum absolute atomic E-state index is 5.63. The van der Waals surface area contributed by atoms with Gasteiger partial charge in [0.2, 0.25) is 0 Å². The van der Waals surface area contributed by atoms with Gasteiger partial charge in [-0.15, -0.1) is 0 Å². The van der Waals surface area contributed by atoms with Crippen molar-refractivity contribution < 1.29 is 17.7 Å². The van der Waals surface area contributed by atoms with Crippen LogP contribution >= 0.6 is 0 Å². The van der Waals surface area contributed by atoms with Gasteiger partial charge >= 0.3 is 18.6 Å². The molecule has 4 nitrogen and oxygen atoms in total. The van der Waals surface area contributed by atoms with E-state index in [1.54, 1.807) is 28.4 Å². The topological polar surface area (TPSA) is 36.9 Å². The lowest BCUT2D eigenvalue weighted by Crippen LogP contribution is -2.44. The summed E-state index contributed by atoms with van der Waals surface area (Å²) >= 11 is 0. The SMILES string of the molecule is CCC(=C[Si](C)(C=C(CC)[Si](OC)OC)c1ccccc1)[Si](OC)OC. The van der Waals surface area contributed by atoms with Gasteiger partial charge in [0.05, 0.1) is 0 Å². The molecule has 7 heteroatoms. The van der Waals surface area contributed by atoms with Crippen molar-refractivity contribution in [1.82, 2.24) is 0 Å². The van der Waals surface area contributed by atoms with Crippen molar-refractivity contribution in [1.29, 1.82) is 0 Å². The quantitative estimate of drug-likeness (QED) is 0.526. The predicted octanol–water partition coefficient (Wildman–Crippen LogP) is 3.36. The Morgan fingerprint density at radius 1 is 0.808 bits per heavy atom. The largest absolute Gasteiger partial charge is 0.417 e. The van der Waals surface area contributed by atoms with Gasteiger partial charge in [-0.25, -0.2) is 0 Å². The van der Waals surface area contributed by atoms with Crippen molar-refractivity contribution >= 4 is 31.8 Å². The smallest absolute Gasteiger partial charge is 0.393 e. The molecular formula is C19H32O4Si3. The highest BCUT2D eigenvalue weighted by Gasteiger charge is 2.31. The molecule has 0 bridgehead atoms. The zero-order valence-electron chi connectivity index (χ0n) is 17.1. The molecule has 0 heterocycles. The first-order valence-corrected chi connectivity index (χ1v) is 14.2. The van der Waals surface area contributed by atoms with Gasteiger partial charge in [0.15, 0.2) is 0 Å². The molecule has 0 fully saturated rings. The first-order valence-electron chi connectivity index (χ1n) is 8.89. The van der Waals surface area contributed by atoms with E-state index < -0.39 is 26.6 Å². The van der Waals surface area contributed by atoms with E-state index in [2.05, 4.69) is 62.1 Å².